The monoisotopic (exact) mass is 373 g/mol. The second-order valence-electron chi connectivity index (χ2n) is 6.20. The third-order valence-electron chi connectivity index (χ3n) is 4.28. The summed E-state index contributed by atoms with van der Waals surface area (Å²) >= 11 is 0. The van der Waals surface area contributed by atoms with Crippen molar-refractivity contribution in [2.45, 2.75) is 13.0 Å². The maximum atomic E-state index is 11.6. The van der Waals surface area contributed by atoms with Gasteiger partial charge in [-0.1, -0.05) is 30.3 Å². The number of rotatable bonds is 6. The first kappa shape index (κ1) is 17.4. The highest BCUT2D eigenvalue weighted by atomic mass is 16.4. The zero-order valence-corrected chi connectivity index (χ0v) is 14.9. The summed E-state index contributed by atoms with van der Waals surface area (Å²) in [6, 6.07) is 18.2. The molecule has 1 amide bonds. The number of aromatic nitrogens is 4. The van der Waals surface area contributed by atoms with Gasteiger partial charge in [0, 0.05) is 0 Å². The third-order valence-corrected chi connectivity index (χ3v) is 4.28. The lowest BCUT2D eigenvalue weighted by molar-refractivity contribution is -0.664. The highest BCUT2D eigenvalue weighted by Gasteiger charge is 2.16. The van der Waals surface area contributed by atoms with E-state index in [0.29, 0.717) is 12.4 Å². The van der Waals surface area contributed by atoms with Gasteiger partial charge >= 0.3 is 0 Å². The van der Waals surface area contributed by atoms with Gasteiger partial charge in [0.1, 0.15) is 13.0 Å². The van der Waals surface area contributed by atoms with Crippen LogP contribution < -0.4 is 9.88 Å². The lowest BCUT2D eigenvalue weighted by Crippen LogP contribution is -2.32. The van der Waals surface area contributed by atoms with Gasteiger partial charge in [0.2, 0.25) is 18.1 Å². The Morgan fingerprint density at radius 2 is 1.96 bits per heavy atom. The average molecular weight is 373 g/mol. The molecule has 2 N–H and O–H groups in total. The smallest absolute Gasteiger partial charge is 0.258 e. The first-order valence-corrected chi connectivity index (χ1v) is 8.74. The number of hydrogen-bond acceptors (Lipinski definition) is 5. The number of benzene rings is 2. The lowest BCUT2D eigenvalue weighted by Gasteiger charge is -2.00. The maximum Gasteiger partial charge on any atom is 0.258 e. The number of nitriles is 1. The topological polar surface area (TPSA) is 111 Å². The number of aromatic amines is 1. The zero-order chi connectivity index (χ0) is 19.3. The van der Waals surface area contributed by atoms with E-state index in [-0.39, 0.29) is 24.8 Å². The first-order valence-electron chi connectivity index (χ1n) is 8.74. The summed E-state index contributed by atoms with van der Waals surface area (Å²) in [5.41, 5.74) is 4.29. The van der Waals surface area contributed by atoms with Gasteiger partial charge in [0.15, 0.2) is 17.6 Å². The van der Waals surface area contributed by atoms with Crippen LogP contribution in [0.25, 0.3) is 22.2 Å². The molecule has 2 aromatic heterocycles. The molecule has 0 bridgehead atoms. The highest BCUT2D eigenvalue weighted by Crippen LogP contribution is 2.22. The molecule has 0 atom stereocenters. The fraction of sp³-hybridized carbons (Fsp3) is 0.150. The van der Waals surface area contributed by atoms with Crippen LogP contribution in [0.3, 0.4) is 0 Å². The van der Waals surface area contributed by atoms with Gasteiger partial charge in [-0.3, -0.25) is 4.79 Å². The van der Waals surface area contributed by atoms with Crippen molar-refractivity contribution in [1.29, 1.82) is 5.26 Å². The van der Waals surface area contributed by atoms with Crippen molar-refractivity contribution in [1.82, 2.24) is 20.5 Å². The maximum absolute atomic E-state index is 11.6. The molecule has 0 aliphatic heterocycles. The van der Waals surface area contributed by atoms with E-state index in [2.05, 4.69) is 44.8 Å². The predicted octanol–water partition coefficient (Wildman–Crippen LogP) is 1.74. The average Bonchev–Trinajstić information content (AvgIpc) is 3.34. The Morgan fingerprint density at radius 3 is 2.79 bits per heavy atom. The molecule has 2 aromatic carbocycles. The summed E-state index contributed by atoms with van der Waals surface area (Å²) in [6.07, 6.45) is 1.80. The fourth-order valence-electron chi connectivity index (χ4n) is 2.97. The van der Waals surface area contributed by atoms with Gasteiger partial charge in [0.05, 0.1) is 6.07 Å². The molecule has 0 aliphatic carbocycles. The van der Waals surface area contributed by atoms with E-state index in [0.717, 1.165) is 22.2 Å². The van der Waals surface area contributed by atoms with Gasteiger partial charge < -0.3 is 9.73 Å². The summed E-state index contributed by atoms with van der Waals surface area (Å²) in [5.74, 6) is 0.295. The number of carbonyl (C=O) groups excluding carboxylic acids is 1. The molecule has 28 heavy (non-hydrogen) atoms. The van der Waals surface area contributed by atoms with Gasteiger partial charge in [-0.25, -0.2) is 9.55 Å². The Hall–Kier alpha value is -3.99. The van der Waals surface area contributed by atoms with Gasteiger partial charge in [-0.05, 0) is 29.3 Å². The third kappa shape index (κ3) is 3.73. The minimum atomic E-state index is -0.329. The number of amides is 1. The summed E-state index contributed by atoms with van der Waals surface area (Å²) in [7, 11) is 0. The van der Waals surface area contributed by atoms with E-state index in [1.165, 1.54) is 0 Å². The SMILES string of the molecule is N#CCNC(=O)Cc1nnc(C[n+]2c[nH]c3cc(-c4ccccc4)ccc32)o1. The number of H-pyrrole nitrogens is 1. The van der Waals surface area contributed by atoms with Crippen LogP contribution in [0.5, 0.6) is 0 Å². The molecule has 8 heteroatoms. The molecule has 0 fully saturated rings. The van der Waals surface area contributed by atoms with E-state index in [1.807, 2.05) is 41.2 Å². The normalized spacial score (nSPS) is 10.7. The molecule has 0 spiro atoms. The number of imidazole rings is 1. The van der Waals surface area contributed by atoms with Crippen LogP contribution in [0.4, 0.5) is 0 Å². The largest absolute Gasteiger partial charge is 0.421 e. The predicted molar refractivity (Wildman–Crippen MR) is 99.7 cm³/mol. The molecule has 8 nitrogen and oxygen atoms in total. The fourth-order valence-corrected chi connectivity index (χ4v) is 2.97. The van der Waals surface area contributed by atoms with Crippen molar-refractivity contribution >= 4 is 16.9 Å². The Morgan fingerprint density at radius 1 is 1.14 bits per heavy atom. The Kier molecular flexibility index (Phi) is 4.80. The van der Waals surface area contributed by atoms with Crippen molar-refractivity contribution in [3.8, 4) is 17.2 Å². The number of carbonyl (C=O) groups is 1. The van der Waals surface area contributed by atoms with E-state index in [1.54, 1.807) is 0 Å². The van der Waals surface area contributed by atoms with Crippen LogP contribution in [0, 0.1) is 11.3 Å². The van der Waals surface area contributed by atoms with Gasteiger partial charge in [-0.15, -0.1) is 10.2 Å². The number of hydrogen-bond donors (Lipinski definition) is 2. The van der Waals surface area contributed by atoms with Crippen LogP contribution in [-0.4, -0.2) is 27.6 Å². The molecule has 0 aliphatic rings. The molecular weight excluding hydrogens is 356 g/mol. The molecular formula is C20H17N6O2+. The molecule has 0 unspecified atom stereocenters. The first-order chi connectivity index (χ1) is 13.7. The van der Waals surface area contributed by atoms with Crippen LogP contribution >= 0.6 is 0 Å². The van der Waals surface area contributed by atoms with E-state index in [9.17, 15) is 4.79 Å². The van der Waals surface area contributed by atoms with Crippen molar-refractivity contribution in [2.24, 2.45) is 0 Å². The molecule has 2 heterocycles. The van der Waals surface area contributed by atoms with Crippen LogP contribution in [0.2, 0.25) is 0 Å². The Bertz CT molecular complexity index is 1160. The van der Waals surface area contributed by atoms with Crippen molar-refractivity contribution < 1.29 is 13.8 Å². The minimum Gasteiger partial charge on any atom is -0.421 e. The van der Waals surface area contributed by atoms with E-state index < -0.39 is 0 Å². The van der Waals surface area contributed by atoms with Crippen molar-refractivity contribution in [3.05, 3.63) is 66.6 Å². The number of nitrogens with zero attached hydrogens (tertiary/aromatic N) is 4. The number of nitrogens with one attached hydrogen (secondary N) is 2. The Labute approximate surface area is 160 Å². The molecule has 0 saturated heterocycles. The molecule has 4 aromatic rings. The molecule has 0 saturated carbocycles. The highest BCUT2D eigenvalue weighted by molar-refractivity contribution is 5.79. The van der Waals surface area contributed by atoms with Crippen LogP contribution in [0.15, 0.2) is 59.3 Å². The van der Waals surface area contributed by atoms with E-state index in [4.69, 9.17) is 9.68 Å². The summed E-state index contributed by atoms with van der Waals surface area (Å²) in [6.45, 7) is 0.341. The lowest BCUT2D eigenvalue weighted by atomic mass is 10.1. The summed E-state index contributed by atoms with van der Waals surface area (Å²) < 4.78 is 7.52. The summed E-state index contributed by atoms with van der Waals surface area (Å²) in [5, 5.41) is 18.8. The molecule has 0 radical (unpaired) electrons. The van der Waals surface area contributed by atoms with Gasteiger partial charge in [0.25, 0.3) is 5.89 Å². The standard InChI is InChI=1S/C20H16N6O2/c21-8-9-22-18(27)11-19-24-25-20(28-19)12-26-13-23-16-10-15(6-7-17(16)26)14-4-2-1-3-5-14/h1-7,10,13H,9,11-12H2,(H,22,27)/p+1. The minimum absolute atomic E-state index is 0.0456. The Balaban J connectivity index is 1.50. The molecule has 138 valence electrons. The van der Waals surface area contributed by atoms with Crippen LogP contribution in [0.1, 0.15) is 11.8 Å². The zero-order valence-electron chi connectivity index (χ0n) is 14.9. The van der Waals surface area contributed by atoms with Crippen molar-refractivity contribution in [2.75, 3.05) is 6.54 Å². The quantitative estimate of drug-likeness (QED) is 0.395. The summed E-state index contributed by atoms with van der Waals surface area (Å²) in [4.78, 5) is 14.9. The second kappa shape index (κ2) is 7.72. The van der Waals surface area contributed by atoms with Crippen molar-refractivity contribution in [3.63, 3.8) is 0 Å². The second-order valence-corrected chi connectivity index (χ2v) is 6.20. The molecule has 4 rings (SSSR count). The van der Waals surface area contributed by atoms with Crippen LogP contribution in [-0.2, 0) is 17.8 Å². The van der Waals surface area contributed by atoms with Gasteiger partial charge in [-0.2, -0.15) is 5.26 Å². The number of fused-ring (bicyclic) bond motifs is 1. The van der Waals surface area contributed by atoms with E-state index >= 15 is 0 Å².